The van der Waals surface area contributed by atoms with Crippen molar-refractivity contribution in [1.82, 2.24) is 4.98 Å². The maximum atomic E-state index is 10.7. The Kier molecular flexibility index (Phi) is 7.80. The molecule has 0 radical (unpaired) electrons. The summed E-state index contributed by atoms with van der Waals surface area (Å²) >= 11 is 9.44. The highest BCUT2D eigenvalue weighted by atomic mass is 79.9. The first-order valence-corrected chi connectivity index (χ1v) is 10.4. The number of aromatic nitrogens is 1. The molecule has 3 rings (SSSR count). The van der Waals surface area contributed by atoms with Crippen molar-refractivity contribution >= 4 is 45.3 Å². The molecule has 0 aliphatic rings. The molecule has 31 heavy (non-hydrogen) atoms. The molecule has 160 valence electrons. The fraction of sp³-hybridized carbons (Fsp3) is 0.143. The summed E-state index contributed by atoms with van der Waals surface area (Å²) in [4.78, 5) is 14.1. The number of benzene rings is 2. The standard InChI is InChI=1S/C21H18BrClN4O4/c1-2-30-19-9-15(11-25-26-21-8-7-17(12-24-21)27(28)29)18(22)10-20(19)31-13-14-3-5-16(23)6-4-14/h3-12H,2,13H2,1H3,(H,24,26)/b25-11+. The zero-order chi connectivity index (χ0) is 22.2. The third-order valence-electron chi connectivity index (χ3n) is 4.01. The van der Waals surface area contributed by atoms with Gasteiger partial charge in [0.25, 0.3) is 5.69 Å². The van der Waals surface area contributed by atoms with Gasteiger partial charge in [-0.2, -0.15) is 5.10 Å². The predicted molar refractivity (Wildman–Crippen MR) is 123 cm³/mol. The number of nitro groups is 1. The molecule has 0 saturated heterocycles. The predicted octanol–water partition coefficient (Wildman–Crippen LogP) is 5.83. The average Bonchev–Trinajstić information content (AvgIpc) is 2.76. The highest BCUT2D eigenvalue weighted by molar-refractivity contribution is 9.10. The highest BCUT2D eigenvalue weighted by Crippen LogP contribution is 2.34. The third-order valence-corrected chi connectivity index (χ3v) is 4.95. The van der Waals surface area contributed by atoms with Crippen LogP contribution in [0.5, 0.6) is 11.5 Å². The monoisotopic (exact) mass is 504 g/mol. The number of halogens is 2. The normalized spacial score (nSPS) is 10.8. The molecule has 2 aromatic carbocycles. The molecule has 1 heterocycles. The Morgan fingerprint density at radius 3 is 2.58 bits per heavy atom. The summed E-state index contributed by atoms with van der Waals surface area (Å²) in [6, 6.07) is 13.9. The quantitative estimate of drug-likeness (QED) is 0.223. The van der Waals surface area contributed by atoms with Crippen molar-refractivity contribution < 1.29 is 14.4 Å². The topological polar surface area (TPSA) is 98.9 Å². The van der Waals surface area contributed by atoms with E-state index in [0.717, 1.165) is 21.8 Å². The number of hydrogen-bond acceptors (Lipinski definition) is 7. The number of ether oxygens (including phenoxy) is 2. The SMILES string of the molecule is CCOc1cc(/C=N/Nc2ccc([N+](=O)[O-])cn2)c(Br)cc1OCc1ccc(Cl)cc1. The molecule has 0 aliphatic carbocycles. The van der Waals surface area contributed by atoms with Gasteiger partial charge in [0.2, 0.25) is 0 Å². The lowest BCUT2D eigenvalue weighted by Gasteiger charge is -2.14. The minimum absolute atomic E-state index is 0.0900. The van der Waals surface area contributed by atoms with Crippen molar-refractivity contribution in [2.45, 2.75) is 13.5 Å². The minimum atomic E-state index is -0.511. The number of anilines is 1. The Morgan fingerprint density at radius 1 is 1.19 bits per heavy atom. The van der Waals surface area contributed by atoms with Gasteiger partial charge in [0.15, 0.2) is 11.5 Å². The van der Waals surface area contributed by atoms with Crippen molar-refractivity contribution in [2.24, 2.45) is 5.10 Å². The van der Waals surface area contributed by atoms with Gasteiger partial charge >= 0.3 is 0 Å². The number of nitrogens with one attached hydrogen (secondary N) is 1. The van der Waals surface area contributed by atoms with Crippen LogP contribution >= 0.6 is 27.5 Å². The van der Waals surface area contributed by atoms with Crippen molar-refractivity contribution in [3.05, 3.63) is 85.5 Å². The number of rotatable bonds is 9. The van der Waals surface area contributed by atoms with Crippen molar-refractivity contribution in [3.63, 3.8) is 0 Å². The molecule has 0 fully saturated rings. The van der Waals surface area contributed by atoms with E-state index in [1.165, 1.54) is 12.1 Å². The molecule has 1 N–H and O–H groups in total. The Bertz CT molecular complexity index is 1080. The van der Waals surface area contributed by atoms with Crippen LogP contribution in [0.1, 0.15) is 18.1 Å². The Hall–Kier alpha value is -3.17. The van der Waals surface area contributed by atoms with Crippen molar-refractivity contribution in [1.29, 1.82) is 0 Å². The number of hydrogen-bond donors (Lipinski definition) is 1. The number of nitrogens with zero attached hydrogens (tertiary/aromatic N) is 3. The Labute approximate surface area is 192 Å². The van der Waals surface area contributed by atoms with Crippen molar-refractivity contribution in [2.75, 3.05) is 12.0 Å². The molecule has 0 amide bonds. The van der Waals surface area contributed by atoms with Gasteiger partial charge in [0.1, 0.15) is 18.6 Å². The molecule has 0 atom stereocenters. The van der Waals surface area contributed by atoms with E-state index in [-0.39, 0.29) is 5.69 Å². The zero-order valence-electron chi connectivity index (χ0n) is 16.4. The van der Waals surface area contributed by atoms with E-state index in [0.29, 0.717) is 35.6 Å². The second-order valence-electron chi connectivity index (χ2n) is 6.20. The van der Waals surface area contributed by atoms with E-state index < -0.39 is 4.92 Å². The van der Waals surface area contributed by atoms with E-state index in [1.807, 2.05) is 37.3 Å². The summed E-state index contributed by atoms with van der Waals surface area (Å²) in [7, 11) is 0. The van der Waals surface area contributed by atoms with Crippen LogP contribution in [0, 0.1) is 10.1 Å². The Morgan fingerprint density at radius 2 is 1.94 bits per heavy atom. The van der Waals surface area contributed by atoms with Gasteiger partial charge in [0.05, 0.1) is 17.7 Å². The van der Waals surface area contributed by atoms with Gasteiger partial charge < -0.3 is 9.47 Å². The highest BCUT2D eigenvalue weighted by Gasteiger charge is 2.11. The van der Waals surface area contributed by atoms with E-state index in [4.69, 9.17) is 21.1 Å². The van der Waals surface area contributed by atoms with Crippen LogP contribution in [-0.2, 0) is 6.61 Å². The van der Waals surface area contributed by atoms with Crippen molar-refractivity contribution in [3.8, 4) is 11.5 Å². The summed E-state index contributed by atoms with van der Waals surface area (Å²) in [6.45, 7) is 2.73. The fourth-order valence-corrected chi connectivity index (χ4v) is 3.05. The van der Waals surface area contributed by atoms with E-state index >= 15 is 0 Å². The van der Waals surface area contributed by atoms with Gasteiger partial charge in [-0.3, -0.25) is 15.5 Å². The molecule has 1 aromatic heterocycles. The largest absolute Gasteiger partial charge is 0.490 e. The summed E-state index contributed by atoms with van der Waals surface area (Å²) in [5, 5.41) is 15.5. The van der Waals surface area contributed by atoms with Crippen LogP contribution in [-0.4, -0.2) is 22.7 Å². The molecule has 8 nitrogen and oxygen atoms in total. The first-order valence-electron chi connectivity index (χ1n) is 9.19. The Balaban J connectivity index is 1.71. The van der Waals surface area contributed by atoms with E-state index in [1.54, 1.807) is 12.3 Å². The number of pyridine rings is 1. The van der Waals surface area contributed by atoms with E-state index in [2.05, 4.69) is 31.4 Å². The summed E-state index contributed by atoms with van der Waals surface area (Å²) in [5.74, 6) is 1.55. The maximum absolute atomic E-state index is 10.7. The zero-order valence-corrected chi connectivity index (χ0v) is 18.8. The molecule has 0 bridgehead atoms. The van der Waals surface area contributed by atoms with Crippen LogP contribution < -0.4 is 14.9 Å². The lowest BCUT2D eigenvalue weighted by Crippen LogP contribution is -2.01. The molecule has 0 spiro atoms. The maximum Gasteiger partial charge on any atom is 0.287 e. The molecule has 0 aliphatic heterocycles. The first-order chi connectivity index (χ1) is 15.0. The lowest BCUT2D eigenvalue weighted by molar-refractivity contribution is -0.385. The second-order valence-corrected chi connectivity index (χ2v) is 7.49. The molecule has 0 saturated carbocycles. The van der Waals surface area contributed by atoms with Gasteiger partial charge in [0, 0.05) is 21.1 Å². The number of hydrazone groups is 1. The van der Waals surface area contributed by atoms with Gasteiger partial charge in [-0.25, -0.2) is 4.98 Å². The summed E-state index contributed by atoms with van der Waals surface area (Å²) < 4.78 is 12.4. The summed E-state index contributed by atoms with van der Waals surface area (Å²) in [5.41, 5.74) is 4.37. The van der Waals surface area contributed by atoms with E-state index in [9.17, 15) is 10.1 Å². The lowest BCUT2D eigenvalue weighted by atomic mass is 10.2. The van der Waals surface area contributed by atoms with Gasteiger partial charge in [-0.1, -0.05) is 23.7 Å². The van der Waals surface area contributed by atoms with Gasteiger partial charge in [-0.15, -0.1) is 0 Å². The first kappa shape index (κ1) is 22.5. The molecule has 0 unspecified atom stereocenters. The van der Waals surface area contributed by atoms with Crippen LogP contribution in [0.25, 0.3) is 0 Å². The molecule has 10 heteroatoms. The third kappa shape index (κ3) is 6.40. The smallest absolute Gasteiger partial charge is 0.287 e. The minimum Gasteiger partial charge on any atom is -0.490 e. The molecular formula is C21H18BrClN4O4. The average molecular weight is 506 g/mol. The van der Waals surface area contributed by atoms with Crippen LogP contribution in [0.15, 0.2) is 64.3 Å². The second kappa shape index (κ2) is 10.7. The van der Waals surface area contributed by atoms with Crippen LogP contribution in [0.2, 0.25) is 5.02 Å². The van der Waals surface area contributed by atoms with Gasteiger partial charge in [-0.05, 0) is 58.7 Å². The molecule has 3 aromatic rings. The van der Waals surface area contributed by atoms with Crippen LogP contribution in [0.4, 0.5) is 11.5 Å². The fourth-order valence-electron chi connectivity index (χ4n) is 2.50. The van der Waals surface area contributed by atoms with Crippen LogP contribution in [0.3, 0.4) is 0 Å². The molecular weight excluding hydrogens is 488 g/mol. The summed E-state index contributed by atoms with van der Waals surface area (Å²) in [6.07, 6.45) is 2.74.